The van der Waals surface area contributed by atoms with Crippen LogP contribution in [0.3, 0.4) is 0 Å². The van der Waals surface area contributed by atoms with Crippen molar-refractivity contribution >= 4 is 0 Å². The van der Waals surface area contributed by atoms with Gasteiger partial charge in [0.05, 0.1) is 5.69 Å². The lowest BCUT2D eigenvalue weighted by atomic mass is 9.91. The number of aromatic nitrogens is 2. The summed E-state index contributed by atoms with van der Waals surface area (Å²) in [5.74, 6) is -3.03. The summed E-state index contributed by atoms with van der Waals surface area (Å²) in [6, 6.07) is 5.71. The van der Waals surface area contributed by atoms with E-state index >= 15 is 0 Å². The van der Waals surface area contributed by atoms with E-state index in [9.17, 15) is 13.2 Å². The van der Waals surface area contributed by atoms with E-state index in [-0.39, 0.29) is 18.7 Å². The third kappa shape index (κ3) is 1.89. The highest BCUT2D eigenvalue weighted by Crippen LogP contribution is 2.36. The molecule has 1 aromatic heterocycles. The van der Waals surface area contributed by atoms with Crippen LogP contribution in [0.4, 0.5) is 13.2 Å². The van der Waals surface area contributed by atoms with Gasteiger partial charge in [-0.05, 0) is 30.7 Å². The van der Waals surface area contributed by atoms with Gasteiger partial charge < -0.3 is 0 Å². The van der Waals surface area contributed by atoms with Gasteiger partial charge in [-0.2, -0.15) is 5.10 Å². The maximum Gasteiger partial charge on any atom is 0.252 e. The normalized spacial score (nSPS) is 17.5. The minimum atomic E-state index is -2.67. The highest BCUT2D eigenvalue weighted by atomic mass is 19.3. The summed E-state index contributed by atoms with van der Waals surface area (Å²) in [6.45, 7) is 0. The maximum atomic E-state index is 13.4. The fraction of sp³-hybridized carbons (Fsp3) is 0.308. The van der Waals surface area contributed by atoms with Crippen LogP contribution in [0.5, 0.6) is 0 Å². The average molecular weight is 252 g/mol. The zero-order valence-corrected chi connectivity index (χ0v) is 9.51. The summed E-state index contributed by atoms with van der Waals surface area (Å²) < 4.78 is 39.7. The van der Waals surface area contributed by atoms with Crippen molar-refractivity contribution in [2.24, 2.45) is 0 Å². The van der Waals surface area contributed by atoms with Crippen molar-refractivity contribution in [1.82, 2.24) is 10.2 Å². The first-order chi connectivity index (χ1) is 8.55. The summed E-state index contributed by atoms with van der Waals surface area (Å²) in [5, 5.41) is 6.88. The van der Waals surface area contributed by atoms with Gasteiger partial charge in [0, 0.05) is 29.7 Å². The lowest BCUT2D eigenvalue weighted by molar-refractivity contribution is -0.0123. The van der Waals surface area contributed by atoms with Crippen molar-refractivity contribution in [2.45, 2.75) is 25.2 Å². The molecule has 1 aliphatic rings. The molecule has 94 valence electrons. The number of benzene rings is 1. The molecule has 1 aliphatic carbocycles. The first-order valence-corrected chi connectivity index (χ1v) is 5.75. The van der Waals surface area contributed by atoms with Crippen LogP contribution in [-0.4, -0.2) is 16.1 Å². The Morgan fingerprint density at radius 3 is 2.61 bits per heavy atom. The number of hydrogen-bond acceptors (Lipinski definition) is 1. The molecule has 0 atom stereocenters. The molecule has 0 unspecified atom stereocenters. The second-order valence-corrected chi connectivity index (χ2v) is 4.57. The van der Waals surface area contributed by atoms with Gasteiger partial charge in [-0.1, -0.05) is 0 Å². The van der Waals surface area contributed by atoms with E-state index in [1.165, 1.54) is 12.1 Å². The quantitative estimate of drug-likeness (QED) is 0.828. The van der Waals surface area contributed by atoms with E-state index in [0.717, 1.165) is 5.69 Å². The number of aromatic amines is 1. The molecule has 0 aliphatic heterocycles. The summed E-state index contributed by atoms with van der Waals surface area (Å²) in [5.41, 5.74) is 2.48. The molecule has 0 spiro atoms. The number of H-pyrrole nitrogens is 1. The Hall–Kier alpha value is -1.78. The Kier molecular flexibility index (Phi) is 2.43. The van der Waals surface area contributed by atoms with Crippen LogP contribution in [0.25, 0.3) is 11.3 Å². The summed E-state index contributed by atoms with van der Waals surface area (Å²) in [6.07, 6.45) is -0.146. The minimum absolute atomic E-state index is 0.148. The van der Waals surface area contributed by atoms with Crippen molar-refractivity contribution in [3.05, 3.63) is 41.3 Å². The Bertz CT molecular complexity index is 572. The average Bonchev–Trinajstić information content (AvgIpc) is 2.71. The molecule has 0 bridgehead atoms. The van der Waals surface area contributed by atoms with Gasteiger partial charge in [0.1, 0.15) is 5.82 Å². The Labute approximate surface area is 102 Å². The van der Waals surface area contributed by atoms with Crippen molar-refractivity contribution in [1.29, 1.82) is 0 Å². The van der Waals surface area contributed by atoms with Gasteiger partial charge in [0.25, 0.3) is 5.92 Å². The summed E-state index contributed by atoms with van der Waals surface area (Å²) in [7, 11) is 0. The zero-order valence-electron chi connectivity index (χ0n) is 9.51. The molecule has 1 aromatic carbocycles. The van der Waals surface area contributed by atoms with E-state index in [1.807, 2.05) is 0 Å². The number of hydrogen-bond donors (Lipinski definition) is 1. The molecule has 0 saturated carbocycles. The lowest BCUT2D eigenvalue weighted by Crippen LogP contribution is -2.25. The predicted octanol–water partition coefficient (Wildman–Crippen LogP) is 3.34. The molecule has 3 rings (SSSR count). The van der Waals surface area contributed by atoms with Crippen LogP contribution in [-0.2, 0) is 12.8 Å². The van der Waals surface area contributed by atoms with E-state index in [1.54, 1.807) is 12.1 Å². The molecule has 2 aromatic rings. The van der Waals surface area contributed by atoms with Crippen LogP contribution in [0, 0.1) is 5.82 Å². The third-order valence-electron chi connectivity index (χ3n) is 3.25. The standard InChI is InChI=1S/C13H11F3N2/c14-9-3-1-8(2-4-9)12-10-7-13(15,16)6-5-11(10)17-18-12/h1-4H,5-7H2,(H,17,18). The number of fused-ring (bicyclic) bond motifs is 1. The Morgan fingerprint density at radius 1 is 1.17 bits per heavy atom. The number of aryl methyl sites for hydroxylation is 1. The Morgan fingerprint density at radius 2 is 1.89 bits per heavy atom. The first-order valence-electron chi connectivity index (χ1n) is 5.75. The van der Waals surface area contributed by atoms with Gasteiger partial charge in [-0.15, -0.1) is 0 Å². The van der Waals surface area contributed by atoms with Gasteiger partial charge >= 0.3 is 0 Å². The largest absolute Gasteiger partial charge is 0.282 e. The number of nitrogens with zero attached hydrogens (tertiary/aromatic N) is 1. The molecule has 0 fully saturated rings. The molecule has 0 amide bonds. The second kappa shape index (κ2) is 3.86. The molecule has 5 heteroatoms. The molecular formula is C13H11F3N2. The minimum Gasteiger partial charge on any atom is -0.282 e. The van der Waals surface area contributed by atoms with Crippen molar-refractivity contribution < 1.29 is 13.2 Å². The third-order valence-corrected chi connectivity index (χ3v) is 3.25. The maximum absolute atomic E-state index is 13.4. The number of nitrogens with one attached hydrogen (secondary N) is 1. The van der Waals surface area contributed by atoms with Crippen LogP contribution in [0.15, 0.2) is 24.3 Å². The zero-order chi connectivity index (χ0) is 12.8. The summed E-state index contributed by atoms with van der Waals surface area (Å²) >= 11 is 0. The highest BCUT2D eigenvalue weighted by Gasteiger charge is 2.36. The Balaban J connectivity index is 2.04. The molecule has 1 heterocycles. The van der Waals surface area contributed by atoms with Gasteiger partial charge in [0.15, 0.2) is 0 Å². The molecule has 2 nitrogen and oxygen atoms in total. The van der Waals surface area contributed by atoms with Crippen LogP contribution < -0.4 is 0 Å². The molecule has 18 heavy (non-hydrogen) atoms. The molecule has 0 saturated heterocycles. The van der Waals surface area contributed by atoms with Crippen LogP contribution >= 0.6 is 0 Å². The van der Waals surface area contributed by atoms with Gasteiger partial charge in [-0.3, -0.25) is 5.10 Å². The summed E-state index contributed by atoms with van der Waals surface area (Å²) in [4.78, 5) is 0. The fourth-order valence-electron chi connectivity index (χ4n) is 2.30. The molecular weight excluding hydrogens is 241 g/mol. The molecule has 0 radical (unpaired) electrons. The van der Waals surface area contributed by atoms with E-state index in [0.29, 0.717) is 23.2 Å². The topological polar surface area (TPSA) is 28.7 Å². The van der Waals surface area contributed by atoms with Crippen molar-refractivity contribution in [3.63, 3.8) is 0 Å². The van der Waals surface area contributed by atoms with Crippen LogP contribution in [0.1, 0.15) is 17.7 Å². The number of halogens is 3. The highest BCUT2D eigenvalue weighted by molar-refractivity contribution is 5.64. The molecule has 1 N–H and O–H groups in total. The number of rotatable bonds is 1. The van der Waals surface area contributed by atoms with Crippen molar-refractivity contribution in [2.75, 3.05) is 0 Å². The second-order valence-electron chi connectivity index (χ2n) is 4.57. The van der Waals surface area contributed by atoms with Crippen molar-refractivity contribution in [3.8, 4) is 11.3 Å². The first kappa shape index (κ1) is 11.3. The van der Waals surface area contributed by atoms with Gasteiger partial charge in [0.2, 0.25) is 0 Å². The van der Waals surface area contributed by atoms with E-state index in [4.69, 9.17) is 0 Å². The smallest absolute Gasteiger partial charge is 0.252 e. The number of alkyl halides is 2. The SMILES string of the molecule is Fc1ccc(-c2n[nH]c3c2CC(F)(F)CC3)cc1. The lowest BCUT2D eigenvalue weighted by Gasteiger charge is -2.21. The van der Waals surface area contributed by atoms with E-state index < -0.39 is 5.92 Å². The fourth-order valence-corrected chi connectivity index (χ4v) is 2.30. The monoisotopic (exact) mass is 252 g/mol. The van der Waals surface area contributed by atoms with Crippen LogP contribution in [0.2, 0.25) is 0 Å². The predicted molar refractivity (Wildman–Crippen MR) is 61.0 cm³/mol. The van der Waals surface area contributed by atoms with Gasteiger partial charge in [-0.25, -0.2) is 13.2 Å². The van der Waals surface area contributed by atoms with E-state index in [2.05, 4.69) is 10.2 Å².